The van der Waals surface area contributed by atoms with Crippen LogP contribution in [0.4, 0.5) is 5.95 Å². The maximum absolute atomic E-state index is 11.5. The molecule has 15 heavy (non-hydrogen) atoms. The Hall–Kier alpha value is -1.85. The number of nitrogens with zero attached hydrogens (tertiary/aromatic N) is 1. The number of aliphatic carboxylic acids is 1. The molecule has 6 nitrogen and oxygen atoms in total. The van der Waals surface area contributed by atoms with Gasteiger partial charge in [0.25, 0.3) is 5.56 Å². The molecule has 1 heterocycles. The van der Waals surface area contributed by atoms with E-state index in [2.05, 4.69) is 9.97 Å². The molecule has 1 aliphatic rings. The first-order valence-corrected chi connectivity index (χ1v) is 4.68. The highest BCUT2D eigenvalue weighted by molar-refractivity contribution is 5.70. The van der Waals surface area contributed by atoms with Crippen LogP contribution in [0.15, 0.2) is 4.79 Å². The lowest BCUT2D eigenvalue weighted by atomic mass is 10.1. The second kappa shape index (κ2) is 3.38. The number of hydrogen-bond acceptors (Lipinski definition) is 4. The van der Waals surface area contributed by atoms with Gasteiger partial charge in [0.1, 0.15) is 0 Å². The summed E-state index contributed by atoms with van der Waals surface area (Å²) in [6.45, 7) is 0. The molecule has 0 aliphatic heterocycles. The average Bonchev–Trinajstić information content (AvgIpc) is 2.91. The Morgan fingerprint density at radius 1 is 1.60 bits per heavy atom. The van der Waals surface area contributed by atoms with E-state index in [1.807, 2.05) is 0 Å². The first kappa shape index (κ1) is 9.70. The minimum atomic E-state index is -1.03. The molecule has 0 spiro atoms. The van der Waals surface area contributed by atoms with E-state index in [1.165, 1.54) is 0 Å². The quantitative estimate of drug-likeness (QED) is 0.641. The number of carbonyl (C=O) groups is 1. The molecule has 0 aromatic carbocycles. The zero-order valence-corrected chi connectivity index (χ0v) is 7.99. The topological polar surface area (TPSA) is 109 Å². The normalized spacial score (nSPS) is 15.2. The number of rotatable bonds is 3. The number of carboxylic acid groups (broad SMARTS) is 1. The predicted molar refractivity (Wildman–Crippen MR) is 52.6 cm³/mol. The van der Waals surface area contributed by atoms with Crippen LogP contribution in [0, 0.1) is 0 Å². The number of carboxylic acids is 1. The van der Waals surface area contributed by atoms with Crippen molar-refractivity contribution < 1.29 is 9.90 Å². The molecule has 6 heteroatoms. The zero-order valence-electron chi connectivity index (χ0n) is 7.99. The van der Waals surface area contributed by atoms with Gasteiger partial charge in [0.2, 0.25) is 5.95 Å². The maximum atomic E-state index is 11.5. The molecule has 1 fully saturated rings. The number of nitrogens with one attached hydrogen (secondary N) is 1. The van der Waals surface area contributed by atoms with Gasteiger partial charge < -0.3 is 10.8 Å². The summed E-state index contributed by atoms with van der Waals surface area (Å²) in [5, 5.41) is 8.68. The van der Waals surface area contributed by atoms with E-state index in [-0.39, 0.29) is 23.9 Å². The van der Waals surface area contributed by atoms with Crippen LogP contribution < -0.4 is 11.3 Å². The van der Waals surface area contributed by atoms with Crippen molar-refractivity contribution in [1.29, 1.82) is 0 Å². The molecule has 0 bridgehead atoms. The predicted octanol–water partition coefficient (Wildman–Crippen LogP) is -0.143. The molecule has 0 atom stereocenters. The Balaban J connectivity index is 2.48. The summed E-state index contributed by atoms with van der Waals surface area (Å²) in [4.78, 5) is 28.4. The SMILES string of the molecule is Nc1nc(C2CC2)c(CC(=O)O)c(=O)[nH]1. The first-order chi connectivity index (χ1) is 7.08. The van der Waals surface area contributed by atoms with Gasteiger partial charge in [0, 0.05) is 5.92 Å². The van der Waals surface area contributed by atoms with Crippen LogP contribution in [0.25, 0.3) is 0 Å². The van der Waals surface area contributed by atoms with Gasteiger partial charge in [-0.2, -0.15) is 0 Å². The fraction of sp³-hybridized carbons (Fsp3) is 0.444. The largest absolute Gasteiger partial charge is 0.481 e. The maximum Gasteiger partial charge on any atom is 0.308 e. The van der Waals surface area contributed by atoms with E-state index in [1.54, 1.807) is 0 Å². The number of hydrogen-bond donors (Lipinski definition) is 3. The van der Waals surface area contributed by atoms with Gasteiger partial charge in [0.15, 0.2) is 0 Å². The van der Waals surface area contributed by atoms with E-state index in [9.17, 15) is 9.59 Å². The number of nitrogens with two attached hydrogens (primary N) is 1. The van der Waals surface area contributed by atoms with E-state index in [4.69, 9.17) is 10.8 Å². The highest BCUT2D eigenvalue weighted by Crippen LogP contribution is 2.40. The first-order valence-electron chi connectivity index (χ1n) is 4.68. The Kier molecular flexibility index (Phi) is 2.18. The number of H-pyrrole nitrogens is 1. The van der Waals surface area contributed by atoms with Crippen molar-refractivity contribution in [2.75, 3.05) is 5.73 Å². The van der Waals surface area contributed by atoms with Crippen molar-refractivity contribution in [3.63, 3.8) is 0 Å². The summed E-state index contributed by atoms with van der Waals surface area (Å²) in [5.74, 6) is -0.769. The lowest BCUT2D eigenvalue weighted by molar-refractivity contribution is -0.136. The molecule has 1 saturated carbocycles. The Morgan fingerprint density at radius 3 is 2.80 bits per heavy atom. The summed E-state index contributed by atoms with van der Waals surface area (Å²) in [7, 11) is 0. The summed E-state index contributed by atoms with van der Waals surface area (Å²) < 4.78 is 0. The van der Waals surface area contributed by atoms with Crippen LogP contribution in [-0.4, -0.2) is 21.0 Å². The van der Waals surface area contributed by atoms with Crippen LogP contribution >= 0.6 is 0 Å². The molecular formula is C9H11N3O3. The minimum Gasteiger partial charge on any atom is -0.481 e. The van der Waals surface area contributed by atoms with Crippen molar-refractivity contribution in [2.45, 2.75) is 25.2 Å². The molecule has 1 aromatic rings. The molecule has 1 aliphatic carbocycles. The van der Waals surface area contributed by atoms with E-state index in [0.29, 0.717) is 5.69 Å². The van der Waals surface area contributed by atoms with Gasteiger partial charge in [-0.3, -0.25) is 14.6 Å². The standard InChI is InChI=1S/C9H11N3O3/c10-9-11-7(4-1-2-4)5(3-6(13)14)8(15)12-9/h4H,1-3H2,(H,13,14)(H3,10,11,12,15). The van der Waals surface area contributed by atoms with Crippen molar-refractivity contribution in [3.8, 4) is 0 Å². The van der Waals surface area contributed by atoms with Gasteiger partial charge in [-0.05, 0) is 12.8 Å². The minimum absolute atomic E-state index is 0.0519. The monoisotopic (exact) mass is 209 g/mol. The van der Waals surface area contributed by atoms with Crippen molar-refractivity contribution in [1.82, 2.24) is 9.97 Å². The van der Waals surface area contributed by atoms with Gasteiger partial charge in [-0.15, -0.1) is 0 Å². The summed E-state index contributed by atoms with van der Waals surface area (Å²) in [5.41, 5.74) is 5.76. The second-order valence-electron chi connectivity index (χ2n) is 3.66. The van der Waals surface area contributed by atoms with Crippen molar-refractivity contribution >= 4 is 11.9 Å². The van der Waals surface area contributed by atoms with E-state index < -0.39 is 11.5 Å². The van der Waals surface area contributed by atoms with E-state index in [0.717, 1.165) is 12.8 Å². The molecule has 0 amide bonds. The molecule has 2 rings (SSSR count). The highest BCUT2D eigenvalue weighted by Gasteiger charge is 2.29. The van der Waals surface area contributed by atoms with Crippen LogP contribution in [0.3, 0.4) is 0 Å². The number of nitrogen functional groups attached to an aromatic ring is 1. The molecule has 0 saturated heterocycles. The number of aromatic nitrogens is 2. The molecule has 1 aromatic heterocycles. The Bertz CT molecular complexity index is 462. The average molecular weight is 209 g/mol. The number of aromatic amines is 1. The van der Waals surface area contributed by atoms with Crippen molar-refractivity contribution in [2.24, 2.45) is 0 Å². The van der Waals surface area contributed by atoms with Gasteiger partial charge in [-0.1, -0.05) is 0 Å². The molecule has 0 unspecified atom stereocenters. The van der Waals surface area contributed by atoms with E-state index >= 15 is 0 Å². The van der Waals surface area contributed by atoms with Crippen LogP contribution in [-0.2, 0) is 11.2 Å². The van der Waals surface area contributed by atoms with Gasteiger partial charge >= 0.3 is 5.97 Å². The fourth-order valence-electron chi connectivity index (χ4n) is 1.55. The summed E-state index contributed by atoms with van der Waals surface area (Å²) in [6, 6.07) is 0. The lowest BCUT2D eigenvalue weighted by Crippen LogP contribution is -2.22. The van der Waals surface area contributed by atoms with Gasteiger partial charge in [-0.25, -0.2) is 4.98 Å². The van der Waals surface area contributed by atoms with Crippen LogP contribution in [0.1, 0.15) is 30.0 Å². The third kappa shape index (κ3) is 1.98. The smallest absolute Gasteiger partial charge is 0.308 e. The molecular weight excluding hydrogens is 198 g/mol. The Labute approximate surface area is 85.1 Å². The lowest BCUT2D eigenvalue weighted by Gasteiger charge is -2.05. The second-order valence-corrected chi connectivity index (χ2v) is 3.66. The third-order valence-corrected chi connectivity index (χ3v) is 2.36. The fourth-order valence-corrected chi connectivity index (χ4v) is 1.55. The molecule has 80 valence electrons. The van der Waals surface area contributed by atoms with Crippen LogP contribution in [0.5, 0.6) is 0 Å². The van der Waals surface area contributed by atoms with Crippen LogP contribution in [0.2, 0.25) is 0 Å². The van der Waals surface area contributed by atoms with Crippen molar-refractivity contribution in [3.05, 3.63) is 21.6 Å². The molecule has 0 radical (unpaired) electrons. The zero-order chi connectivity index (χ0) is 11.0. The summed E-state index contributed by atoms with van der Waals surface area (Å²) in [6.07, 6.45) is 1.60. The number of anilines is 1. The molecule has 4 N–H and O–H groups in total. The Morgan fingerprint density at radius 2 is 2.27 bits per heavy atom. The van der Waals surface area contributed by atoms with Gasteiger partial charge in [0.05, 0.1) is 17.7 Å². The third-order valence-electron chi connectivity index (χ3n) is 2.36. The highest BCUT2D eigenvalue weighted by atomic mass is 16.4. The summed E-state index contributed by atoms with van der Waals surface area (Å²) >= 11 is 0.